The fourth-order valence-electron chi connectivity index (χ4n) is 2.28. The molecular formula is C13H15N3O3S2. The van der Waals surface area contributed by atoms with Crippen molar-refractivity contribution in [2.75, 3.05) is 11.9 Å². The zero-order valence-electron chi connectivity index (χ0n) is 11.2. The summed E-state index contributed by atoms with van der Waals surface area (Å²) in [5.41, 5.74) is 2.59. The maximum Gasteiger partial charge on any atom is 0.304 e. The Kier molecular flexibility index (Phi) is 3.83. The van der Waals surface area contributed by atoms with E-state index < -0.39 is 10.0 Å². The fourth-order valence-corrected chi connectivity index (χ4v) is 3.91. The molecule has 3 rings (SSSR count). The van der Waals surface area contributed by atoms with Crippen LogP contribution >= 0.6 is 11.3 Å². The lowest BCUT2D eigenvalue weighted by Crippen LogP contribution is -2.24. The maximum atomic E-state index is 12.3. The maximum absolute atomic E-state index is 12.3. The summed E-state index contributed by atoms with van der Waals surface area (Å²) < 4.78 is 27.1. The summed E-state index contributed by atoms with van der Waals surface area (Å²) in [6.07, 6.45) is 1.88. The van der Waals surface area contributed by atoms with Gasteiger partial charge in [0.15, 0.2) is 0 Å². The predicted octanol–water partition coefficient (Wildman–Crippen LogP) is 1.27. The molecule has 6 nitrogen and oxygen atoms in total. The monoisotopic (exact) mass is 325 g/mol. The number of aromatic nitrogens is 1. The van der Waals surface area contributed by atoms with Crippen LogP contribution in [0.3, 0.4) is 0 Å². The van der Waals surface area contributed by atoms with Crippen molar-refractivity contribution >= 4 is 27.0 Å². The number of benzene rings is 1. The first-order valence-electron chi connectivity index (χ1n) is 6.58. The standard InChI is InChI=1S/C13H15N3O3S2/c17-13-16-10(8-20-13)7-15-21(18,19)11-3-4-12-9(6-11)2-1-5-14-12/h3-4,6,8,14-15H,1-2,5,7H2,(H,16,17). The minimum Gasteiger partial charge on any atom is -0.385 e. The highest BCUT2D eigenvalue weighted by Crippen LogP contribution is 2.24. The summed E-state index contributed by atoms with van der Waals surface area (Å²) >= 11 is 1.02. The van der Waals surface area contributed by atoms with Crippen molar-refractivity contribution in [3.63, 3.8) is 0 Å². The molecule has 1 aromatic heterocycles. The van der Waals surface area contributed by atoms with E-state index in [1.165, 1.54) is 0 Å². The number of fused-ring (bicyclic) bond motifs is 1. The number of sulfonamides is 1. The zero-order chi connectivity index (χ0) is 14.9. The predicted molar refractivity (Wildman–Crippen MR) is 82.2 cm³/mol. The molecule has 21 heavy (non-hydrogen) atoms. The zero-order valence-corrected chi connectivity index (χ0v) is 12.8. The number of aryl methyl sites for hydroxylation is 1. The van der Waals surface area contributed by atoms with Gasteiger partial charge in [-0.2, -0.15) is 0 Å². The van der Waals surface area contributed by atoms with Gasteiger partial charge < -0.3 is 10.3 Å². The van der Waals surface area contributed by atoms with Gasteiger partial charge >= 0.3 is 4.87 Å². The second-order valence-corrected chi connectivity index (χ2v) is 7.46. The fraction of sp³-hybridized carbons (Fsp3) is 0.308. The molecule has 1 aromatic carbocycles. The smallest absolute Gasteiger partial charge is 0.304 e. The number of thiazole rings is 1. The van der Waals surface area contributed by atoms with E-state index >= 15 is 0 Å². The molecule has 0 fully saturated rings. The summed E-state index contributed by atoms with van der Waals surface area (Å²) in [5.74, 6) is 0. The van der Waals surface area contributed by atoms with E-state index in [0.717, 1.165) is 42.0 Å². The van der Waals surface area contributed by atoms with Crippen molar-refractivity contribution < 1.29 is 8.42 Å². The van der Waals surface area contributed by atoms with Gasteiger partial charge in [0, 0.05) is 23.3 Å². The van der Waals surface area contributed by atoms with Crippen LogP contribution in [-0.4, -0.2) is 19.9 Å². The molecule has 0 amide bonds. The highest BCUT2D eigenvalue weighted by atomic mass is 32.2. The average Bonchev–Trinajstić information content (AvgIpc) is 2.90. The summed E-state index contributed by atoms with van der Waals surface area (Å²) in [7, 11) is -3.58. The van der Waals surface area contributed by atoms with Gasteiger partial charge in [-0.3, -0.25) is 4.79 Å². The molecule has 0 radical (unpaired) electrons. The molecule has 0 saturated heterocycles. The van der Waals surface area contributed by atoms with Crippen molar-refractivity contribution in [1.29, 1.82) is 0 Å². The molecule has 0 saturated carbocycles. The lowest BCUT2D eigenvalue weighted by molar-refractivity contribution is 0.580. The van der Waals surface area contributed by atoms with Crippen molar-refractivity contribution in [1.82, 2.24) is 9.71 Å². The third-order valence-electron chi connectivity index (χ3n) is 3.35. The van der Waals surface area contributed by atoms with E-state index in [2.05, 4.69) is 15.0 Å². The van der Waals surface area contributed by atoms with Gasteiger partial charge in [-0.05, 0) is 36.6 Å². The van der Waals surface area contributed by atoms with Gasteiger partial charge in [-0.15, -0.1) is 0 Å². The minimum absolute atomic E-state index is 0.0798. The number of hydrogen-bond donors (Lipinski definition) is 3. The first-order valence-corrected chi connectivity index (χ1v) is 8.94. The van der Waals surface area contributed by atoms with Crippen LogP contribution in [0, 0.1) is 0 Å². The van der Waals surface area contributed by atoms with Crippen LogP contribution in [0.4, 0.5) is 5.69 Å². The second-order valence-electron chi connectivity index (χ2n) is 4.85. The van der Waals surface area contributed by atoms with Crippen molar-refractivity contribution in [2.45, 2.75) is 24.3 Å². The molecule has 2 heterocycles. The Morgan fingerprint density at radius 3 is 2.95 bits per heavy atom. The molecule has 3 N–H and O–H groups in total. The van der Waals surface area contributed by atoms with Gasteiger partial charge in [0.05, 0.1) is 11.4 Å². The molecule has 0 aliphatic carbocycles. The van der Waals surface area contributed by atoms with E-state index in [1.807, 2.05) is 0 Å². The highest BCUT2D eigenvalue weighted by Gasteiger charge is 2.17. The minimum atomic E-state index is -3.58. The quantitative estimate of drug-likeness (QED) is 0.789. The first-order chi connectivity index (χ1) is 10.0. The van der Waals surface area contributed by atoms with Crippen LogP contribution in [0.1, 0.15) is 17.7 Å². The Morgan fingerprint density at radius 2 is 2.19 bits per heavy atom. The van der Waals surface area contributed by atoms with Crippen LogP contribution in [0.15, 0.2) is 33.3 Å². The Labute approximate surface area is 126 Å². The lowest BCUT2D eigenvalue weighted by atomic mass is 10.0. The average molecular weight is 325 g/mol. The topological polar surface area (TPSA) is 91.1 Å². The SMILES string of the molecule is O=c1[nH]c(CNS(=O)(=O)c2ccc3c(c2)CCCN3)cs1. The number of hydrogen-bond acceptors (Lipinski definition) is 5. The van der Waals surface area contributed by atoms with Gasteiger partial charge in [-0.25, -0.2) is 13.1 Å². The van der Waals surface area contributed by atoms with E-state index in [1.54, 1.807) is 23.6 Å². The van der Waals surface area contributed by atoms with Crippen molar-refractivity contribution in [3.8, 4) is 0 Å². The van der Waals surface area contributed by atoms with Crippen LogP contribution in [0.2, 0.25) is 0 Å². The number of nitrogens with one attached hydrogen (secondary N) is 3. The van der Waals surface area contributed by atoms with Gasteiger partial charge in [0.2, 0.25) is 10.0 Å². The molecule has 1 aliphatic heterocycles. The number of H-pyrrole nitrogens is 1. The van der Waals surface area contributed by atoms with Gasteiger partial charge in [0.25, 0.3) is 0 Å². The third-order valence-corrected chi connectivity index (χ3v) is 5.47. The highest BCUT2D eigenvalue weighted by molar-refractivity contribution is 7.89. The number of rotatable bonds is 4. The van der Waals surface area contributed by atoms with E-state index in [0.29, 0.717) is 5.69 Å². The second kappa shape index (κ2) is 5.63. The summed E-state index contributed by atoms with van der Waals surface area (Å²) in [6.45, 7) is 0.999. The summed E-state index contributed by atoms with van der Waals surface area (Å²) in [4.78, 5) is 13.7. The van der Waals surface area contributed by atoms with Crippen LogP contribution in [0.5, 0.6) is 0 Å². The Hall–Kier alpha value is -1.64. The lowest BCUT2D eigenvalue weighted by Gasteiger charge is -2.18. The van der Waals surface area contributed by atoms with Crippen LogP contribution in [-0.2, 0) is 23.0 Å². The largest absolute Gasteiger partial charge is 0.385 e. The summed E-state index contributed by atoms with van der Waals surface area (Å²) in [5, 5.41) is 4.86. The molecule has 0 unspecified atom stereocenters. The Bertz CT molecular complexity index is 808. The number of aromatic amines is 1. The van der Waals surface area contributed by atoms with Crippen molar-refractivity contribution in [3.05, 3.63) is 44.5 Å². The first kappa shape index (κ1) is 14.3. The van der Waals surface area contributed by atoms with E-state index in [9.17, 15) is 13.2 Å². The van der Waals surface area contributed by atoms with Crippen LogP contribution < -0.4 is 14.9 Å². The Morgan fingerprint density at radius 1 is 1.33 bits per heavy atom. The van der Waals surface area contributed by atoms with Crippen LogP contribution in [0.25, 0.3) is 0 Å². The van der Waals surface area contributed by atoms with E-state index in [-0.39, 0.29) is 16.3 Å². The van der Waals surface area contributed by atoms with Crippen molar-refractivity contribution in [2.24, 2.45) is 0 Å². The Balaban J connectivity index is 1.79. The molecule has 112 valence electrons. The third kappa shape index (κ3) is 3.17. The molecule has 0 bridgehead atoms. The molecule has 2 aromatic rings. The molecular weight excluding hydrogens is 310 g/mol. The molecule has 0 atom stereocenters. The normalized spacial score (nSPS) is 14.5. The van der Waals surface area contributed by atoms with Gasteiger partial charge in [-0.1, -0.05) is 11.3 Å². The molecule has 0 spiro atoms. The van der Waals surface area contributed by atoms with Gasteiger partial charge in [0.1, 0.15) is 0 Å². The van der Waals surface area contributed by atoms with E-state index in [4.69, 9.17) is 0 Å². The number of anilines is 1. The summed E-state index contributed by atoms with van der Waals surface area (Å²) in [6, 6.07) is 5.10. The molecule has 1 aliphatic rings. The molecule has 8 heteroatoms.